The number of amidine groups is 1. The number of allylic oxidation sites excluding steroid dienone is 1. The Morgan fingerprint density at radius 1 is 1.46 bits per heavy atom. The van der Waals surface area contributed by atoms with Gasteiger partial charge in [-0.15, -0.1) is 0 Å². The number of aliphatic hydroxyl groups is 1. The lowest BCUT2D eigenvalue weighted by Gasteiger charge is -2.18. The summed E-state index contributed by atoms with van der Waals surface area (Å²) in [5, 5.41) is 16.7. The average molecular weight is 415 g/mol. The van der Waals surface area contributed by atoms with Crippen LogP contribution >= 0.6 is 11.6 Å². The van der Waals surface area contributed by atoms with E-state index in [4.69, 9.17) is 11.6 Å². The molecule has 28 heavy (non-hydrogen) atoms. The summed E-state index contributed by atoms with van der Waals surface area (Å²) in [5.41, 5.74) is 0.358. The molecule has 0 spiro atoms. The van der Waals surface area contributed by atoms with Crippen molar-refractivity contribution in [1.29, 1.82) is 0 Å². The molecule has 1 aromatic heterocycles. The zero-order valence-corrected chi connectivity index (χ0v) is 15.8. The highest BCUT2D eigenvalue weighted by molar-refractivity contribution is 6.31. The highest BCUT2D eigenvalue weighted by Crippen LogP contribution is 2.34. The smallest absolute Gasteiger partial charge is 0.394 e. The summed E-state index contributed by atoms with van der Waals surface area (Å²) in [5.74, 6) is 0.561. The molecule has 0 fully saturated rings. The molecule has 2 aromatic rings. The fourth-order valence-electron chi connectivity index (χ4n) is 2.47. The first-order valence-corrected chi connectivity index (χ1v) is 8.47. The molecule has 2 rings (SSSR count). The van der Waals surface area contributed by atoms with E-state index in [-0.39, 0.29) is 10.6 Å². The van der Waals surface area contributed by atoms with E-state index in [1.807, 2.05) is 0 Å². The molecule has 0 aliphatic carbocycles. The number of rotatable bonds is 6. The Hall–Kier alpha value is -2.65. The van der Waals surface area contributed by atoms with Crippen molar-refractivity contribution in [2.45, 2.75) is 19.1 Å². The van der Waals surface area contributed by atoms with Gasteiger partial charge in [0.05, 0.1) is 29.9 Å². The number of alkyl halides is 3. The summed E-state index contributed by atoms with van der Waals surface area (Å²) in [4.78, 5) is 14.9. The van der Waals surface area contributed by atoms with Crippen LogP contribution in [0.4, 0.5) is 13.2 Å². The number of halogens is 4. The first-order valence-electron chi connectivity index (χ1n) is 8.09. The molecule has 0 aliphatic rings. The summed E-state index contributed by atoms with van der Waals surface area (Å²) < 4.78 is 39.8. The molecule has 0 bridgehead atoms. The van der Waals surface area contributed by atoms with E-state index in [2.05, 4.69) is 15.4 Å². The van der Waals surface area contributed by atoms with E-state index < -0.39 is 24.4 Å². The molecule has 1 aromatic carbocycles. The van der Waals surface area contributed by atoms with Crippen molar-refractivity contribution >= 4 is 29.4 Å². The molecule has 0 aliphatic heterocycles. The average Bonchev–Trinajstić information content (AvgIpc) is 3.12. The Morgan fingerprint density at radius 3 is 2.71 bits per heavy atom. The van der Waals surface area contributed by atoms with Crippen molar-refractivity contribution in [3.8, 4) is 0 Å². The predicted molar refractivity (Wildman–Crippen MR) is 100 cm³/mol. The molecule has 0 amide bonds. The fraction of sp³-hybridized carbons (Fsp3) is 0.278. The van der Waals surface area contributed by atoms with Crippen LogP contribution < -0.4 is 5.32 Å². The summed E-state index contributed by atoms with van der Waals surface area (Å²) >= 11 is 6.03. The van der Waals surface area contributed by atoms with Crippen molar-refractivity contribution in [3.63, 3.8) is 0 Å². The molecule has 1 atom stereocenters. The van der Waals surface area contributed by atoms with Crippen LogP contribution in [0.5, 0.6) is 0 Å². The number of carbonyl (C=O) groups is 1. The first-order chi connectivity index (χ1) is 13.2. The Kier molecular flexibility index (Phi) is 6.98. The molecule has 0 saturated carbocycles. The van der Waals surface area contributed by atoms with Crippen LogP contribution in [0.1, 0.15) is 29.7 Å². The third-order valence-electron chi connectivity index (χ3n) is 3.98. The molecular weight excluding hydrogens is 397 g/mol. The maximum Gasteiger partial charge on any atom is 0.416 e. The minimum Gasteiger partial charge on any atom is -0.394 e. The van der Waals surface area contributed by atoms with Crippen molar-refractivity contribution in [3.05, 3.63) is 58.4 Å². The monoisotopic (exact) mass is 414 g/mol. The van der Waals surface area contributed by atoms with Gasteiger partial charge >= 0.3 is 6.18 Å². The number of nitrogens with one attached hydrogen (secondary N) is 1. The van der Waals surface area contributed by atoms with E-state index in [1.165, 1.54) is 23.0 Å². The number of aliphatic hydroxyl groups excluding tert-OH is 1. The number of carbonyl (C=O) groups excluding carboxylic acids is 1. The number of aromatic nitrogens is 2. The third kappa shape index (κ3) is 4.99. The summed E-state index contributed by atoms with van der Waals surface area (Å²) in [6.07, 6.45) is 0.356. The Bertz CT molecular complexity index is 906. The van der Waals surface area contributed by atoms with Crippen molar-refractivity contribution in [1.82, 2.24) is 15.1 Å². The van der Waals surface area contributed by atoms with Gasteiger partial charge in [0.15, 0.2) is 0 Å². The highest BCUT2D eigenvalue weighted by atomic mass is 35.5. The van der Waals surface area contributed by atoms with Crippen LogP contribution in [0.15, 0.2) is 41.7 Å². The van der Waals surface area contributed by atoms with Crippen LogP contribution in [0, 0.1) is 0 Å². The van der Waals surface area contributed by atoms with Gasteiger partial charge < -0.3 is 10.4 Å². The van der Waals surface area contributed by atoms with Gasteiger partial charge in [0.2, 0.25) is 0 Å². The largest absolute Gasteiger partial charge is 0.416 e. The topological polar surface area (TPSA) is 79.5 Å². The normalized spacial score (nSPS) is 14.1. The molecule has 2 N–H and O–H groups in total. The van der Waals surface area contributed by atoms with Gasteiger partial charge in [0.25, 0.3) is 0 Å². The SMILES string of the molecule is CN=C(C)N/C(=C\C=O)c1cnn(C(CO)c2ccc(C(F)(F)F)cc2Cl)c1. The van der Waals surface area contributed by atoms with Crippen LogP contribution in [-0.2, 0) is 11.0 Å². The van der Waals surface area contributed by atoms with Gasteiger partial charge in [-0.1, -0.05) is 17.7 Å². The predicted octanol–water partition coefficient (Wildman–Crippen LogP) is 3.31. The molecular formula is C18H18ClF3N4O2. The first kappa shape index (κ1) is 21.6. The number of hydrogen-bond acceptors (Lipinski definition) is 4. The van der Waals surface area contributed by atoms with Crippen molar-refractivity contribution in [2.75, 3.05) is 13.7 Å². The second kappa shape index (κ2) is 9.03. The molecule has 1 heterocycles. The maximum absolute atomic E-state index is 12.8. The van der Waals surface area contributed by atoms with Crippen LogP contribution in [-0.4, -0.2) is 40.7 Å². The zero-order chi connectivity index (χ0) is 20.9. The number of nitrogens with zero attached hydrogens (tertiary/aromatic N) is 3. The highest BCUT2D eigenvalue weighted by Gasteiger charge is 2.31. The van der Waals surface area contributed by atoms with Crippen LogP contribution in [0.2, 0.25) is 5.02 Å². The minimum absolute atomic E-state index is 0.137. The van der Waals surface area contributed by atoms with E-state index in [1.54, 1.807) is 20.2 Å². The zero-order valence-electron chi connectivity index (χ0n) is 15.0. The molecule has 1 unspecified atom stereocenters. The van der Waals surface area contributed by atoms with Gasteiger partial charge in [0, 0.05) is 29.9 Å². The van der Waals surface area contributed by atoms with Crippen LogP contribution in [0.3, 0.4) is 0 Å². The van der Waals surface area contributed by atoms with E-state index in [0.717, 1.165) is 12.1 Å². The second-order valence-corrected chi connectivity index (χ2v) is 6.20. The number of hydrogen-bond donors (Lipinski definition) is 2. The quantitative estimate of drug-likeness (QED) is 0.329. The second-order valence-electron chi connectivity index (χ2n) is 5.79. The molecule has 6 nitrogen and oxygen atoms in total. The van der Waals surface area contributed by atoms with Gasteiger partial charge in [-0.2, -0.15) is 18.3 Å². The van der Waals surface area contributed by atoms with Gasteiger partial charge in [-0.3, -0.25) is 14.5 Å². The number of aldehydes is 1. The standard InChI is InChI=1S/C18H18ClF3N4O2/c1-11(23-2)25-16(5-6-27)12-8-24-26(9-12)17(10-28)14-4-3-13(7-15(14)19)18(20,21)22/h3-9,17,28H,10H2,1-2H3,(H,23,25)/b16-5-. The lowest BCUT2D eigenvalue weighted by molar-refractivity contribution is -0.137. The van der Waals surface area contributed by atoms with Crippen molar-refractivity contribution in [2.24, 2.45) is 4.99 Å². The van der Waals surface area contributed by atoms with Gasteiger partial charge in [-0.05, 0) is 24.6 Å². The number of benzene rings is 1. The number of aliphatic imine (C=N–C) groups is 1. The van der Waals surface area contributed by atoms with E-state index in [0.29, 0.717) is 23.4 Å². The lowest BCUT2D eigenvalue weighted by atomic mass is 10.0. The lowest BCUT2D eigenvalue weighted by Crippen LogP contribution is -2.19. The van der Waals surface area contributed by atoms with Crippen LogP contribution in [0.25, 0.3) is 5.70 Å². The minimum atomic E-state index is -4.52. The molecule has 150 valence electrons. The Morgan fingerprint density at radius 2 is 2.18 bits per heavy atom. The third-order valence-corrected chi connectivity index (χ3v) is 4.30. The Balaban J connectivity index is 2.39. The van der Waals surface area contributed by atoms with E-state index in [9.17, 15) is 23.1 Å². The molecule has 0 radical (unpaired) electrons. The maximum atomic E-state index is 12.8. The molecule has 10 heteroatoms. The van der Waals surface area contributed by atoms with Gasteiger partial charge in [0.1, 0.15) is 12.3 Å². The van der Waals surface area contributed by atoms with Gasteiger partial charge in [-0.25, -0.2) is 0 Å². The summed E-state index contributed by atoms with van der Waals surface area (Å²) in [6, 6.07) is 2.11. The summed E-state index contributed by atoms with van der Waals surface area (Å²) in [7, 11) is 1.58. The summed E-state index contributed by atoms with van der Waals surface area (Å²) in [6.45, 7) is 1.27. The molecule has 0 saturated heterocycles. The van der Waals surface area contributed by atoms with E-state index >= 15 is 0 Å². The fourth-order valence-corrected chi connectivity index (χ4v) is 2.78. The van der Waals surface area contributed by atoms with Crippen molar-refractivity contribution < 1.29 is 23.1 Å². The Labute approximate surface area is 164 Å².